The fourth-order valence-corrected chi connectivity index (χ4v) is 2.97. The standard InChI is InChI=1S/C18H21FN2/c1-14-10-16(19)12-17(11-14)21-9-5-8-20-18(13-21)15-6-3-2-4-7-15/h2-4,6-7,10-12,18,20H,5,8-9,13H2,1H3. The molecule has 1 aliphatic heterocycles. The summed E-state index contributed by atoms with van der Waals surface area (Å²) in [5.74, 6) is -0.154. The highest BCUT2D eigenvalue weighted by atomic mass is 19.1. The van der Waals surface area contributed by atoms with Crippen molar-refractivity contribution in [3.63, 3.8) is 0 Å². The molecule has 3 rings (SSSR count). The number of hydrogen-bond donors (Lipinski definition) is 1. The molecule has 0 spiro atoms. The lowest BCUT2D eigenvalue weighted by Crippen LogP contribution is -2.31. The van der Waals surface area contributed by atoms with Crippen molar-refractivity contribution < 1.29 is 4.39 Å². The molecule has 0 radical (unpaired) electrons. The van der Waals surface area contributed by atoms with Crippen LogP contribution in [0.25, 0.3) is 0 Å². The lowest BCUT2D eigenvalue weighted by Gasteiger charge is -2.27. The third-order valence-corrected chi connectivity index (χ3v) is 3.99. The number of halogens is 1. The maximum absolute atomic E-state index is 13.7. The van der Waals surface area contributed by atoms with Crippen LogP contribution in [-0.4, -0.2) is 19.6 Å². The highest BCUT2D eigenvalue weighted by Gasteiger charge is 2.19. The average Bonchev–Trinajstić information content (AvgIpc) is 2.73. The van der Waals surface area contributed by atoms with E-state index in [9.17, 15) is 4.39 Å². The third kappa shape index (κ3) is 3.42. The summed E-state index contributed by atoms with van der Waals surface area (Å²) in [4.78, 5) is 2.29. The maximum atomic E-state index is 13.7. The van der Waals surface area contributed by atoms with E-state index in [0.717, 1.165) is 37.3 Å². The number of nitrogens with one attached hydrogen (secondary N) is 1. The molecular formula is C18H21FN2. The van der Waals surface area contributed by atoms with Crippen LogP contribution in [0.3, 0.4) is 0 Å². The minimum Gasteiger partial charge on any atom is -0.369 e. The number of benzene rings is 2. The number of hydrogen-bond acceptors (Lipinski definition) is 2. The third-order valence-electron chi connectivity index (χ3n) is 3.99. The van der Waals surface area contributed by atoms with Gasteiger partial charge in [0.1, 0.15) is 5.82 Å². The largest absolute Gasteiger partial charge is 0.369 e. The van der Waals surface area contributed by atoms with Gasteiger partial charge in [-0.05, 0) is 49.2 Å². The Labute approximate surface area is 125 Å². The van der Waals surface area contributed by atoms with Gasteiger partial charge in [-0.2, -0.15) is 0 Å². The van der Waals surface area contributed by atoms with Gasteiger partial charge < -0.3 is 10.2 Å². The van der Waals surface area contributed by atoms with Crippen LogP contribution in [0.5, 0.6) is 0 Å². The second-order valence-electron chi connectivity index (χ2n) is 5.70. The van der Waals surface area contributed by atoms with E-state index in [-0.39, 0.29) is 11.9 Å². The van der Waals surface area contributed by atoms with E-state index in [1.54, 1.807) is 12.1 Å². The quantitative estimate of drug-likeness (QED) is 0.905. The fourth-order valence-electron chi connectivity index (χ4n) is 2.97. The molecule has 21 heavy (non-hydrogen) atoms. The zero-order valence-corrected chi connectivity index (χ0v) is 12.3. The van der Waals surface area contributed by atoms with E-state index >= 15 is 0 Å². The van der Waals surface area contributed by atoms with E-state index in [1.165, 1.54) is 5.56 Å². The van der Waals surface area contributed by atoms with Gasteiger partial charge >= 0.3 is 0 Å². The van der Waals surface area contributed by atoms with E-state index in [0.29, 0.717) is 0 Å². The monoisotopic (exact) mass is 284 g/mol. The molecule has 2 nitrogen and oxygen atoms in total. The van der Waals surface area contributed by atoms with Crippen LogP contribution < -0.4 is 10.2 Å². The van der Waals surface area contributed by atoms with Crippen molar-refractivity contribution in [2.75, 3.05) is 24.5 Å². The lowest BCUT2D eigenvalue weighted by atomic mass is 10.1. The zero-order valence-electron chi connectivity index (χ0n) is 12.3. The first-order valence-corrected chi connectivity index (χ1v) is 7.53. The van der Waals surface area contributed by atoms with Crippen LogP contribution >= 0.6 is 0 Å². The van der Waals surface area contributed by atoms with Crippen molar-refractivity contribution >= 4 is 5.69 Å². The Morgan fingerprint density at radius 1 is 1.14 bits per heavy atom. The highest BCUT2D eigenvalue weighted by molar-refractivity contribution is 5.49. The van der Waals surface area contributed by atoms with Crippen LogP contribution in [-0.2, 0) is 0 Å². The topological polar surface area (TPSA) is 15.3 Å². The van der Waals surface area contributed by atoms with Crippen LogP contribution in [0.4, 0.5) is 10.1 Å². The molecule has 0 bridgehead atoms. The van der Waals surface area contributed by atoms with Crippen molar-refractivity contribution in [3.8, 4) is 0 Å². The molecule has 0 aliphatic carbocycles. The second kappa shape index (κ2) is 6.27. The van der Waals surface area contributed by atoms with Gasteiger partial charge in [-0.3, -0.25) is 0 Å². The van der Waals surface area contributed by atoms with Crippen LogP contribution in [0.2, 0.25) is 0 Å². The van der Waals surface area contributed by atoms with Gasteiger partial charge in [-0.15, -0.1) is 0 Å². The molecule has 1 heterocycles. The van der Waals surface area contributed by atoms with Crippen LogP contribution in [0, 0.1) is 12.7 Å². The molecule has 110 valence electrons. The van der Waals surface area contributed by atoms with Gasteiger partial charge in [-0.1, -0.05) is 30.3 Å². The Balaban J connectivity index is 1.85. The van der Waals surface area contributed by atoms with Crippen LogP contribution in [0.15, 0.2) is 48.5 Å². The summed E-state index contributed by atoms with van der Waals surface area (Å²) in [5, 5.41) is 3.59. The molecule has 3 heteroatoms. The first-order valence-electron chi connectivity index (χ1n) is 7.53. The molecule has 1 N–H and O–H groups in total. The van der Waals surface area contributed by atoms with Crippen molar-refractivity contribution in [3.05, 3.63) is 65.5 Å². The summed E-state index contributed by atoms with van der Waals surface area (Å²) in [6.07, 6.45) is 1.07. The molecule has 2 aromatic carbocycles. The first kappa shape index (κ1) is 14.1. The predicted molar refractivity (Wildman–Crippen MR) is 85.2 cm³/mol. The van der Waals surface area contributed by atoms with E-state index in [2.05, 4.69) is 40.5 Å². The smallest absolute Gasteiger partial charge is 0.125 e. The molecule has 2 aromatic rings. The summed E-state index contributed by atoms with van der Waals surface area (Å²) in [7, 11) is 0. The second-order valence-corrected chi connectivity index (χ2v) is 5.70. The number of rotatable bonds is 2. The molecular weight excluding hydrogens is 263 g/mol. The Kier molecular flexibility index (Phi) is 4.20. The Bertz CT molecular complexity index is 577. The van der Waals surface area contributed by atoms with Gasteiger partial charge in [0, 0.05) is 24.8 Å². The molecule has 1 atom stereocenters. The number of nitrogens with zero attached hydrogens (tertiary/aromatic N) is 1. The highest BCUT2D eigenvalue weighted by Crippen LogP contribution is 2.24. The van der Waals surface area contributed by atoms with Gasteiger partial charge in [0.05, 0.1) is 0 Å². The van der Waals surface area contributed by atoms with Crippen molar-refractivity contribution in [1.29, 1.82) is 0 Å². The minimum atomic E-state index is -0.154. The summed E-state index contributed by atoms with van der Waals surface area (Å²) >= 11 is 0. The lowest BCUT2D eigenvalue weighted by molar-refractivity contribution is 0.569. The normalized spacial score (nSPS) is 19.3. The van der Waals surface area contributed by atoms with Gasteiger partial charge in [0.2, 0.25) is 0 Å². The Morgan fingerprint density at radius 3 is 2.71 bits per heavy atom. The summed E-state index contributed by atoms with van der Waals surface area (Å²) < 4.78 is 13.7. The molecule has 0 amide bonds. The summed E-state index contributed by atoms with van der Waals surface area (Å²) in [5.41, 5.74) is 3.24. The summed E-state index contributed by atoms with van der Waals surface area (Å²) in [6, 6.07) is 16.0. The SMILES string of the molecule is Cc1cc(F)cc(N2CCCNC(c3ccccc3)C2)c1. The van der Waals surface area contributed by atoms with Crippen molar-refractivity contribution in [2.24, 2.45) is 0 Å². The van der Waals surface area contributed by atoms with Gasteiger partial charge in [0.25, 0.3) is 0 Å². The van der Waals surface area contributed by atoms with E-state index in [1.807, 2.05) is 13.0 Å². The van der Waals surface area contributed by atoms with E-state index < -0.39 is 0 Å². The number of anilines is 1. The Morgan fingerprint density at radius 2 is 1.95 bits per heavy atom. The fraction of sp³-hybridized carbons (Fsp3) is 0.333. The summed E-state index contributed by atoms with van der Waals surface area (Å²) in [6.45, 7) is 4.76. The molecule has 0 aromatic heterocycles. The van der Waals surface area contributed by atoms with Gasteiger partial charge in [0.15, 0.2) is 0 Å². The Hall–Kier alpha value is -1.87. The molecule has 0 saturated carbocycles. The van der Waals surface area contributed by atoms with Crippen molar-refractivity contribution in [2.45, 2.75) is 19.4 Å². The average molecular weight is 284 g/mol. The maximum Gasteiger partial charge on any atom is 0.125 e. The predicted octanol–water partition coefficient (Wildman–Crippen LogP) is 3.68. The van der Waals surface area contributed by atoms with Gasteiger partial charge in [-0.25, -0.2) is 4.39 Å². The molecule has 1 aliphatic rings. The zero-order chi connectivity index (χ0) is 14.7. The minimum absolute atomic E-state index is 0.154. The number of aryl methyl sites for hydroxylation is 1. The van der Waals surface area contributed by atoms with Crippen LogP contribution in [0.1, 0.15) is 23.6 Å². The molecule has 1 unspecified atom stereocenters. The van der Waals surface area contributed by atoms with E-state index in [4.69, 9.17) is 0 Å². The molecule has 1 saturated heterocycles. The molecule has 1 fully saturated rings. The first-order chi connectivity index (χ1) is 10.2. The van der Waals surface area contributed by atoms with Crippen molar-refractivity contribution in [1.82, 2.24) is 5.32 Å².